The van der Waals surface area contributed by atoms with Crippen LogP contribution in [0.3, 0.4) is 0 Å². The van der Waals surface area contributed by atoms with Crippen LogP contribution >= 0.6 is 0 Å². The monoisotopic (exact) mass is 451 g/mol. The van der Waals surface area contributed by atoms with Gasteiger partial charge in [-0.25, -0.2) is 4.79 Å². The van der Waals surface area contributed by atoms with E-state index < -0.39 is 0 Å². The standard InChI is InChI=1S/C28H38N2O3/c1-5-25(28(32)29-27-22(3)17-21(2)18-23(27)4)30(15-11-6-7-12-16-30)19-26(31)33-20-24-13-9-8-10-14-24/h8-10,13-14,17-18,25H,5-7,11-12,15-16,19-20H2,1-4H3/p+1. The van der Waals surface area contributed by atoms with Crippen molar-refractivity contribution in [3.63, 3.8) is 0 Å². The number of carbonyl (C=O) groups is 2. The van der Waals surface area contributed by atoms with Crippen molar-refractivity contribution >= 4 is 17.6 Å². The molecule has 5 nitrogen and oxygen atoms in total. The lowest BCUT2D eigenvalue weighted by molar-refractivity contribution is -0.935. The zero-order valence-corrected chi connectivity index (χ0v) is 20.7. The number of esters is 1. The zero-order chi connectivity index (χ0) is 23.8. The summed E-state index contributed by atoms with van der Waals surface area (Å²) in [4.78, 5) is 26.6. The van der Waals surface area contributed by atoms with Crippen LogP contribution in [0.25, 0.3) is 0 Å². The SMILES string of the molecule is CCC(C(=O)Nc1c(C)cc(C)cc1C)[N+]1(CC(=O)OCc2ccccc2)CCCCCC1. The minimum Gasteiger partial charge on any atom is -0.457 e. The van der Waals surface area contributed by atoms with Crippen LogP contribution in [0.1, 0.15) is 61.3 Å². The molecule has 1 aliphatic rings. The quantitative estimate of drug-likeness (QED) is 0.428. The van der Waals surface area contributed by atoms with Gasteiger partial charge in [0, 0.05) is 12.1 Å². The average Bonchev–Trinajstić information content (AvgIpc) is 3.02. The number of nitrogens with one attached hydrogen (secondary N) is 1. The summed E-state index contributed by atoms with van der Waals surface area (Å²) in [6.07, 6.45) is 5.03. The van der Waals surface area contributed by atoms with Gasteiger partial charge in [-0.05, 0) is 63.1 Å². The molecule has 2 aromatic carbocycles. The molecule has 1 heterocycles. The molecule has 2 aromatic rings. The van der Waals surface area contributed by atoms with Gasteiger partial charge in [0.2, 0.25) is 0 Å². The highest BCUT2D eigenvalue weighted by Gasteiger charge is 2.43. The molecule has 33 heavy (non-hydrogen) atoms. The molecule has 0 spiro atoms. The Balaban J connectivity index is 1.79. The topological polar surface area (TPSA) is 55.4 Å². The summed E-state index contributed by atoms with van der Waals surface area (Å²) in [5, 5.41) is 3.22. The lowest BCUT2D eigenvalue weighted by Crippen LogP contribution is -2.62. The number of carbonyl (C=O) groups excluding carboxylic acids is 2. The molecule has 0 radical (unpaired) electrons. The zero-order valence-electron chi connectivity index (χ0n) is 20.7. The summed E-state index contributed by atoms with van der Waals surface area (Å²) in [6.45, 7) is 10.4. The van der Waals surface area contributed by atoms with E-state index in [0.717, 1.165) is 61.2 Å². The van der Waals surface area contributed by atoms with E-state index in [-0.39, 0.29) is 31.1 Å². The van der Waals surface area contributed by atoms with Crippen molar-refractivity contribution in [2.75, 3.05) is 25.0 Å². The third-order valence-electron chi connectivity index (χ3n) is 6.92. The van der Waals surface area contributed by atoms with Crippen molar-refractivity contribution in [3.05, 3.63) is 64.7 Å². The highest BCUT2D eigenvalue weighted by Crippen LogP contribution is 2.28. The summed E-state index contributed by atoms with van der Waals surface area (Å²) in [5.74, 6) is -0.222. The fraction of sp³-hybridized carbons (Fsp3) is 0.500. The van der Waals surface area contributed by atoms with Crippen LogP contribution in [0.4, 0.5) is 5.69 Å². The lowest BCUT2D eigenvalue weighted by Gasteiger charge is -2.42. The van der Waals surface area contributed by atoms with Crippen molar-refractivity contribution in [2.45, 2.75) is 72.4 Å². The van der Waals surface area contributed by atoms with Gasteiger partial charge in [-0.15, -0.1) is 0 Å². The van der Waals surface area contributed by atoms with E-state index in [9.17, 15) is 9.59 Å². The smallest absolute Gasteiger partial charge is 0.362 e. The fourth-order valence-electron chi connectivity index (χ4n) is 5.34. The van der Waals surface area contributed by atoms with E-state index >= 15 is 0 Å². The molecule has 0 aliphatic carbocycles. The first-order valence-corrected chi connectivity index (χ1v) is 12.3. The number of anilines is 1. The van der Waals surface area contributed by atoms with Gasteiger partial charge < -0.3 is 14.5 Å². The van der Waals surface area contributed by atoms with Gasteiger partial charge in [-0.1, -0.05) is 55.0 Å². The van der Waals surface area contributed by atoms with Gasteiger partial charge in [0.15, 0.2) is 12.6 Å². The number of rotatable bonds is 8. The first-order chi connectivity index (χ1) is 15.8. The maximum Gasteiger partial charge on any atom is 0.362 e. The summed E-state index contributed by atoms with van der Waals surface area (Å²) >= 11 is 0. The molecule has 1 fully saturated rings. The normalized spacial score (nSPS) is 16.5. The van der Waals surface area contributed by atoms with E-state index in [4.69, 9.17) is 4.74 Å². The molecular weight excluding hydrogens is 412 g/mol. The Hall–Kier alpha value is -2.66. The second-order valence-electron chi connectivity index (χ2n) is 9.57. The average molecular weight is 452 g/mol. The van der Waals surface area contributed by atoms with Crippen molar-refractivity contribution in [2.24, 2.45) is 0 Å². The van der Waals surface area contributed by atoms with Gasteiger partial charge in [0.05, 0.1) is 13.1 Å². The van der Waals surface area contributed by atoms with Gasteiger partial charge in [-0.3, -0.25) is 4.79 Å². The molecule has 1 saturated heterocycles. The van der Waals surface area contributed by atoms with Crippen LogP contribution in [-0.2, 0) is 20.9 Å². The maximum atomic E-state index is 13.6. The van der Waals surface area contributed by atoms with Crippen LogP contribution in [0.5, 0.6) is 0 Å². The Morgan fingerprint density at radius 2 is 1.58 bits per heavy atom. The maximum absolute atomic E-state index is 13.6. The van der Waals surface area contributed by atoms with E-state index in [1.54, 1.807) is 0 Å². The summed E-state index contributed by atoms with van der Waals surface area (Å²) in [6, 6.07) is 13.7. The van der Waals surface area contributed by atoms with E-state index in [1.165, 1.54) is 5.56 Å². The Morgan fingerprint density at radius 3 is 2.15 bits per heavy atom. The van der Waals surface area contributed by atoms with Crippen LogP contribution < -0.4 is 5.32 Å². The van der Waals surface area contributed by atoms with Crippen LogP contribution in [0.2, 0.25) is 0 Å². The minimum atomic E-state index is -0.285. The molecule has 178 valence electrons. The second-order valence-corrected chi connectivity index (χ2v) is 9.57. The fourth-order valence-corrected chi connectivity index (χ4v) is 5.34. The molecular formula is C28H39N2O3+. The largest absolute Gasteiger partial charge is 0.457 e. The first kappa shape index (κ1) is 25.0. The third-order valence-corrected chi connectivity index (χ3v) is 6.92. The molecule has 1 N–H and O–H groups in total. The Kier molecular flexibility index (Phi) is 8.67. The minimum absolute atomic E-state index is 0.00492. The molecule has 1 aliphatic heterocycles. The predicted octanol–water partition coefficient (Wildman–Crippen LogP) is 5.46. The predicted molar refractivity (Wildman–Crippen MR) is 133 cm³/mol. The van der Waals surface area contributed by atoms with Crippen LogP contribution in [-0.4, -0.2) is 42.0 Å². The highest BCUT2D eigenvalue weighted by atomic mass is 16.5. The molecule has 0 saturated carbocycles. The van der Waals surface area contributed by atoms with Crippen LogP contribution in [0, 0.1) is 20.8 Å². The number of benzene rings is 2. The van der Waals surface area contributed by atoms with Crippen molar-refractivity contribution in [1.82, 2.24) is 0 Å². The van der Waals surface area contributed by atoms with E-state index in [2.05, 4.69) is 31.3 Å². The lowest BCUT2D eigenvalue weighted by atomic mass is 10.0. The number of quaternary nitrogens is 1. The van der Waals surface area contributed by atoms with Gasteiger partial charge in [0.1, 0.15) is 6.61 Å². The Labute approximate surface area is 198 Å². The number of hydrogen-bond donors (Lipinski definition) is 1. The van der Waals surface area contributed by atoms with Crippen molar-refractivity contribution in [3.8, 4) is 0 Å². The van der Waals surface area contributed by atoms with E-state index in [1.807, 2.05) is 44.2 Å². The number of aryl methyl sites for hydroxylation is 3. The van der Waals surface area contributed by atoms with Gasteiger partial charge >= 0.3 is 5.97 Å². The molecule has 0 aromatic heterocycles. The number of ether oxygens (including phenoxy) is 1. The summed E-state index contributed by atoms with van der Waals surface area (Å²) in [7, 11) is 0. The van der Waals surface area contributed by atoms with Crippen molar-refractivity contribution < 1.29 is 18.8 Å². The first-order valence-electron chi connectivity index (χ1n) is 12.3. The van der Waals surface area contributed by atoms with Gasteiger partial charge in [0.25, 0.3) is 5.91 Å². The molecule has 1 atom stereocenters. The highest BCUT2D eigenvalue weighted by molar-refractivity contribution is 5.95. The number of amides is 1. The van der Waals surface area contributed by atoms with E-state index in [0.29, 0.717) is 10.9 Å². The molecule has 1 unspecified atom stereocenters. The summed E-state index contributed by atoms with van der Waals surface area (Å²) < 4.78 is 6.14. The summed E-state index contributed by atoms with van der Waals surface area (Å²) in [5.41, 5.74) is 5.19. The number of hydrogen-bond acceptors (Lipinski definition) is 3. The number of nitrogens with zero attached hydrogens (tertiary/aromatic N) is 1. The molecule has 1 amide bonds. The Morgan fingerprint density at radius 1 is 0.970 bits per heavy atom. The third kappa shape index (κ3) is 6.44. The molecule has 0 bridgehead atoms. The van der Waals surface area contributed by atoms with Crippen molar-refractivity contribution in [1.29, 1.82) is 0 Å². The molecule has 3 rings (SSSR count). The Bertz CT molecular complexity index is 924. The van der Waals surface area contributed by atoms with Crippen LogP contribution in [0.15, 0.2) is 42.5 Å². The van der Waals surface area contributed by atoms with Gasteiger partial charge in [-0.2, -0.15) is 0 Å². The molecule has 5 heteroatoms. The number of likely N-dealkylation sites (tertiary alicyclic amines) is 1. The second kappa shape index (κ2) is 11.5.